The first-order valence-electron chi connectivity index (χ1n) is 14.0. The van der Waals surface area contributed by atoms with E-state index >= 15 is 0 Å². The summed E-state index contributed by atoms with van der Waals surface area (Å²) in [4.78, 5) is 23.1. The van der Waals surface area contributed by atoms with Gasteiger partial charge in [0.25, 0.3) is 5.69 Å². The third kappa shape index (κ3) is 10.2. The van der Waals surface area contributed by atoms with Crippen LogP contribution in [0.2, 0.25) is 0 Å². The number of halogens is 3. The molecule has 0 aliphatic rings. The minimum Gasteiger partial charge on any atom is -0.496 e. The van der Waals surface area contributed by atoms with E-state index in [0.29, 0.717) is 49.8 Å². The van der Waals surface area contributed by atoms with Gasteiger partial charge >= 0.3 is 5.97 Å². The van der Waals surface area contributed by atoms with Crippen LogP contribution in [0.15, 0.2) is 71.6 Å². The van der Waals surface area contributed by atoms with Crippen LogP contribution in [0.4, 0.5) is 5.69 Å². The number of nitro groups is 1. The van der Waals surface area contributed by atoms with Gasteiger partial charge in [0.1, 0.15) is 18.1 Å². The highest BCUT2D eigenvalue weighted by Crippen LogP contribution is 2.31. The minimum atomic E-state index is -4.22. The largest absolute Gasteiger partial charge is 0.496 e. The molecule has 1 atom stereocenters. The van der Waals surface area contributed by atoms with Crippen molar-refractivity contribution in [1.82, 2.24) is 4.31 Å². The molecule has 0 spiro atoms. The summed E-state index contributed by atoms with van der Waals surface area (Å²) < 4.78 is 42.9. The van der Waals surface area contributed by atoms with E-state index in [1.165, 1.54) is 48.8 Å². The molecule has 3 aromatic rings. The number of carbonyl (C=O) groups is 1. The second-order valence-electron chi connectivity index (χ2n) is 10.2. The average Bonchev–Trinajstić information content (AvgIpc) is 3.02. The number of sulfonamides is 1. The lowest BCUT2D eigenvalue weighted by Crippen LogP contribution is -2.37. The fraction of sp³-hybridized carbons (Fsp3) is 0.387. The zero-order valence-electron chi connectivity index (χ0n) is 25.1. The lowest BCUT2D eigenvalue weighted by molar-refractivity contribution is -0.387. The summed E-state index contributed by atoms with van der Waals surface area (Å²) >= 11 is 17.1. The number of para-hydroxylation sites is 2. The van der Waals surface area contributed by atoms with E-state index in [2.05, 4.69) is 0 Å². The molecule has 45 heavy (non-hydrogen) atoms. The van der Waals surface area contributed by atoms with E-state index in [4.69, 9.17) is 49.0 Å². The van der Waals surface area contributed by atoms with Crippen LogP contribution in [0.3, 0.4) is 0 Å². The van der Waals surface area contributed by atoms with E-state index in [0.717, 1.165) is 11.3 Å². The number of nitrogens with zero attached hydrogens (tertiary/aromatic N) is 2. The lowest BCUT2D eigenvalue weighted by Gasteiger charge is -2.28. The highest BCUT2D eigenvalue weighted by molar-refractivity contribution is 7.89. The number of nitro benzene ring substituents is 1. The molecule has 0 saturated heterocycles. The zero-order chi connectivity index (χ0) is 33.2. The fourth-order valence-corrected chi connectivity index (χ4v) is 6.72. The summed E-state index contributed by atoms with van der Waals surface area (Å²) in [5.74, 6) is 0.616. The summed E-state index contributed by atoms with van der Waals surface area (Å²) in [5, 5.41) is 11.7. The average molecular weight is 702 g/mol. The molecule has 10 nitrogen and oxygen atoms in total. The minimum absolute atomic E-state index is 0.240. The Morgan fingerprint density at radius 3 is 2.11 bits per heavy atom. The van der Waals surface area contributed by atoms with Gasteiger partial charge in [-0.3, -0.25) is 10.1 Å². The molecule has 0 aromatic heterocycles. The Morgan fingerprint density at radius 1 is 0.911 bits per heavy atom. The second-order valence-corrected chi connectivity index (χ2v) is 14.7. The maximum atomic E-state index is 13.7. The molecule has 1 unspecified atom stereocenters. The fourth-order valence-electron chi connectivity index (χ4n) is 4.98. The number of methoxy groups -OCH3 is 2. The van der Waals surface area contributed by atoms with Crippen molar-refractivity contribution in [2.45, 2.75) is 53.3 Å². The topological polar surface area (TPSA) is 125 Å². The lowest BCUT2D eigenvalue weighted by atomic mass is 9.98. The van der Waals surface area contributed by atoms with Crippen molar-refractivity contribution in [3.8, 4) is 11.5 Å². The Hall–Kier alpha value is -3.09. The Kier molecular flexibility index (Phi) is 13.3. The standard InChI is InChI=1S/C31H35Cl3N2O8S/c1-35(45(40,41)29-17-7-5-15-26(29)36(38)39)25(13-8-11-22-10-4-6-16-27(22)42-2)14-9-12-23-20-24(18-19-28(23)43-3)30(37)44-21-31(32,33)34/h4-7,10,15-20,25H,8-9,11-14,21H2,1-3H3. The number of hydrogen-bond acceptors (Lipinski definition) is 8. The maximum Gasteiger partial charge on any atom is 0.338 e. The molecule has 3 rings (SSSR count). The molecule has 0 aliphatic carbocycles. The van der Waals surface area contributed by atoms with Crippen LogP contribution in [0.25, 0.3) is 0 Å². The predicted octanol–water partition coefficient (Wildman–Crippen LogP) is 7.17. The highest BCUT2D eigenvalue weighted by atomic mass is 35.6. The van der Waals surface area contributed by atoms with Crippen LogP contribution in [-0.4, -0.2) is 61.3 Å². The first-order chi connectivity index (χ1) is 21.3. The van der Waals surface area contributed by atoms with Crippen LogP contribution in [0.5, 0.6) is 11.5 Å². The molecule has 0 heterocycles. The Labute approximate surface area is 278 Å². The van der Waals surface area contributed by atoms with Crippen LogP contribution < -0.4 is 9.47 Å². The van der Waals surface area contributed by atoms with Gasteiger partial charge in [0.15, 0.2) is 4.90 Å². The number of aryl methyl sites for hydroxylation is 2. The van der Waals surface area contributed by atoms with Gasteiger partial charge in [0.05, 0.1) is 24.7 Å². The van der Waals surface area contributed by atoms with E-state index in [1.807, 2.05) is 24.3 Å². The van der Waals surface area contributed by atoms with Crippen molar-refractivity contribution in [2.24, 2.45) is 0 Å². The number of alkyl halides is 3. The van der Waals surface area contributed by atoms with Gasteiger partial charge in [-0.2, -0.15) is 4.31 Å². The van der Waals surface area contributed by atoms with Gasteiger partial charge in [-0.05, 0) is 80.0 Å². The van der Waals surface area contributed by atoms with E-state index in [-0.39, 0.29) is 10.5 Å². The number of esters is 1. The van der Waals surface area contributed by atoms with E-state index in [1.54, 1.807) is 19.2 Å². The number of benzene rings is 3. The Balaban J connectivity index is 1.82. The molecule has 0 fully saturated rings. The number of carbonyl (C=O) groups excluding carboxylic acids is 1. The third-order valence-corrected chi connectivity index (χ3v) is 9.56. The molecule has 0 radical (unpaired) electrons. The highest BCUT2D eigenvalue weighted by Gasteiger charge is 2.33. The van der Waals surface area contributed by atoms with Crippen LogP contribution in [0.1, 0.15) is 47.2 Å². The van der Waals surface area contributed by atoms with Gasteiger partial charge in [-0.1, -0.05) is 65.1 Å². The number of hydrogen-bond donors (Lipinski definition) is 0. The SMILES string of the molecule is COc1ccccc1CCCC(CCCc1cc(C(=O)OCC(Cl)(Cl)Cl)ccc1OC)N(C)S(=O)(=O)c1ccccc1[N+](=O)[O-]. The normalized spacial score (nSPS) is 12.5. The molecule has 0 aliphatic heterocycles. The molecule has 14 heteroatoms. The monoisotopic (exact) mass is 700 g/mol. The van der Waals surface area contributed by atoms with Crippen molar-refractivity contribution in [3.63, 3.8) is 0 Å². The summed E-state index contributed by atoms with van der Waals surface area (Å²) in [7, 11) is 0.332. The quantitative estimate of drug-likeness (QED) is 0.0666. The molecule has 0 amide bonds. The Morgan fingerprint density at radius 2 is 1.49 bits per heavy atom. The van der Waals surface area contributed by atoms with Crippen LogP contribution in [-0.2, 0) is 27.6 Å². The van der Waals surface area contributed by atoms with Crippen molar-refractivity contribution in [1.29, 1.82) is 0 Å². The summed E-state index contributed by atoms with van der Waals surface area (Å²) in [5.41, 5.74) is 1.45. The summed E-state index contributed by atoms with van der Waals surface area (Å²) in [6, 6.07) is 17.2. The maximum absolute atomic E-state index is 13.7. The van der Waals surface area contributed by atoms with Gasteiger partial charge in [-0.15, -0.1) is 0 Å². The number of ether oxygens (including phenoxy) is 3. The van der Waals surface area contributed by atoms with Crippen molar-refractivity contribution in [2.75, 3.05) is 27.9 Å². The first-order valence-corrected chi connectivity index (χ1v) is 16.6. The molecular weight excluding hydrogens is 667 g/mol. The third-order valence-electron chi connectivity index (χ3n) is 7.28. The number of rotatable bonds is 16. The van der Waals surface area contributed by atoms with E-state index in [9.17, 15) is 23.3 Å². The van der Waals surface area contributed by atoms with Crippen molar-refractivity contribution < 1.29 is 32.3 Å². The van der Waals surface area contributed by atoms with Crippen molar-refractivity contribution in [3.05, 3.63) is 93.5 Å². The van der Waals surface area contributed by atoms with Gasteiger partial charge in [-0.25, -0.2) is 13.2 Å². The van der Waals surface area contributed by atoms with Gasteiger partial charge in [0, 0.05) is 19.2 Å². The Bertz CT molecular complexity index is 1580. The van der Waals surface area contributed by atoms with Crippen molar-refractivity contribution >= 4 is 56.5 Å². The van der Waals surface area contributed by atoms with Gasteiger partial charge in [0.2, 0.25) is 13.8 Å². The molecule has 244 valence electrons. The molecule has 0 N–H and O–H groups in total. The van der Waals surface area contributed by atoms with E-state index < -0.39 is 43.0 Å². The summed E-state index contributed by atoms with van der Waals surface area (Å²) in [6.45, 7) is -0.422. The molecular formula is C31H35Cl3N2O8S. The molecule has 0 bridgehead atoms. The van der Waals surface area contributed by atoms with Crippen LogP contribution >= 0.6 is 34.8 Å². The zero-order valence-corrected chi connectivity index (χ0v) is 28.2. The van der Waals surface area contributed by atoms with Gasteiger partial charge < -0.3 is 14.2 Å². The smallest absolute Gasteiger partial charge is 0.338 e. The second kappa shape index (κ2) is 16.5. The summed E-state index contributed by atoms with van der Waals surface area (Å²) in [6.07, 6.45) is 3.14. The first kappa shape index (κ1) is 36.4. The molecule has 0 saturated carbocycles. The predicted molar refractivity (Wildman–Crippen MR) is 174 cm³/mol. The van der Waals surface area contributed by atoms with Crippen LogP contribution in [0, 0.1) is 10.1 Å². The molecule has 3 aromatic carbocycles.